The van der Waals surface area contributed by atoms with Crippen molar-refractivity contribution in [1.82, 2.24) is 0 Å². The van der Waals surface area contributed by atoms with Gasteiger partial charge in [0.2, 0.25) is 5.78 Å². The molecule has 3 nitrogen and oxygen atoms in total. The lowest BCUT2D eigenvalue weighted by atomic mass is 10.5. The minimum Gasteiger partial charge on any atom is -0.371 e. The van der Waals surface area contributed by atoms with Crippen molar-refractivity contribution in [1.29, 1.82) is 5.41 Å². The molecule has 0 aliphatic carbocycles. The summed E-state index contributed by atoms with van der Waals surface area (Å²) in [5, 5.41) is 13.8. The highest BCUT2D eigenvalue weighted by Crippen LogP contribution is 1.95. The van der Waals surface area contributed by atoms with E-state index in [-0.39, 0.29) is 0 Å². The van der Waals surface area contributed by atoms with E-state index < -0.39 is 16.5 Å². The zero-order valence-electron chi connectivity index (χ0n) is 3.69. The fourth-order valence-corrected chi connectivity index (χ4v) is 0.373. The summed E-state index contributed by atoms with van der Waals surface area (Å²) in [7, 11) is 0. The molecule has 0 bridgehead atoms. The first kappa shape index (κ1) is 7.88. The van der Waals surface area contributed by atoms with Crippen LogP contribution in [0.3, 0.4) is 0 Å². The lowest BCUT2D eigenvalue weighted by Gasteiger charge is -1.93. The third-order valence-electron chi connectivity index (χ3n) is 0.433. The molecule has 0 fully saturated rings. The van der Waals surface area contributed by atoms with Crippen LogP contribution in [0.25, 0.3) is 0 Å². The van der Waals surface area contributed by atoms with Crippen molar-refractivity contribution in [3.8, 4) is 0 Å². The highest BCUT2D eigenvalue weighted by Gasteiger charge is 2.13. The van der Waals surface area contributed by atoms with Crippen molar-refractivity contribution in [2.24, 2.45) is 0 Å². The summed E-state index contributed by atoms with van der Waals surface area (Å²) in [6.07, 6.45) is 0. The largest absolute Gasteiger partial charge is 0.371 e. The minimum atomic E-state index is -1.68. The normalized spacial score (nSPS) is 12.9. The van der Waals surface area contributed by atoms with Crippen molar-refractivity contribution in [2.45, 2.75) is 5.56 Å². The smallest absolute Gasteiger partial charge is 0.235 e. The highest BCUT2D eigenvalue weighted by atomic mass is 35.5. The van der Waals surface area contributed by atoms with E-state index in [1.54, 1.807) is 0 Å². The van der Waals surface area contributed by atoms with Gasteiger partial charge < -0.3 is 5.11 Å². The van der Waals surface area contributed by atoms with Gasteiger partial charge in [-0.05, 0) is 0 Å². The van der Waals surface area contributed by atoms with Crippen molar-refractivity contribution in [3.63, 3.8) is 0 Å². The number of aliphatic hydroxyl groups is 1. The second-order valence-electron chi connectivity index (χ2n) is 1.01. The third-order valence-corrected chi connectivity index (χ3v) is 0.817. The Bertz CT molecular complexity index is 122. The Morgan fingerprint density at radius 1 is 1.75 bits per heavy atom. The van der Waals surface area contributed by atoms with Crippen molar-refractivity contribution in [2.75, 3.05) is 0 Å². The summed E-state index contributed by atoms with van der Waals surface area (Å²) in [6.45, 7) is 0. The standard InChI is InChI=1S/C3H3Cl2NO2/c4-2(6)1(7)3(5)8/h3,6,8H. The maximum Gasteiger partial charge on any atom is 0.235 e. The Balaban J connectivity index is 3.84. The van der Waals surface area contributed by atoms with E-state index in [0.29, 0.717) is 0 Å². The van der Waals surface area contributed by atoms with Gasteiger partial charge in [0.15, 0.2) is 10.7 Å². The van der Waals surface area contributed by atoms with Crippen LogP contribution in [0.4, 0.5) is 0 Å². The average Bonchev–Trinajstić information content (AvgIpc) is 1.64. The van der Waals surface area contributed by atoms with E-state index >= 15 is 0 Å². The average molecular weight is 156 g/mol. The van der Waals surface area contributed by atoms with E-state index in [4.69, 9.17) is 33.7 Å². The van der Waals surface area contributed by atoms with E-state index in [2.05, 4.69) is 0 Å². The molecule has 8 heavy (non-hydrogen) atoms. The Kier molecular flexibility index (Phi) is 2.97. The molecule has 46 valence electrons. The van der Waals surface area contributed by atoms with Crippen molar-refractivity contribution < 1.29 is 9.90 Å². The van der Waals surface area contributed by atoms with E-state index in [9.17, 15) is 4.79 Å². The second-order valence-corrected chi connectivity index (χ2v) is 1.81. The Labute approximate surface area is 55.7 Å². The molecule has 0 rings (SSSR count). The molecule has 5 heteroatoms. The Hall–Kier alpha value is -0.120. The number of Topliss-reactive ketones (excluding diaryl/α,β-unsaturated/α-hetero) is 1. The van der Waals surface area contributed by atoms with E-state index in [0.717, 1.165) is 0 Å². The van der Waals surface area contributed by atoms with Gasteiger partial charge in [0, 0.05) is 0 Å². The van der Waals surface area contributed by atoms with Crippen LogP contribution in [0.15, 0.2) is 0 Å². The number of rotatable bonds is 2. The van der Waals surface area contributed by atoms with Crippen LogP contribution in [0.1, 0.15) is 0 Å². The molecule has 0 aliphatic rings. The Morgan fingerprint density at radius 2 is 2.12 bits per heavy atom. The fourth-order valence-electron chi connectivity index (χ4n) is 0.105. The monoisotopic (exact) mass is 155 g/mol. The summed E-state index contributed by atoms with van der Waals surface area (Å²) < 4.78 is 0. The number of carbonyl (C=O) groups is 1. The molecule has 1 atom stereocenters. The lowest BCUT2D eigenvalue weighted by molar-refractivity contribution is -0.116. The number of aliphatic hydroxyl groups excluding tert-OH is 1. The summed E-state index contributed by atoms with van der Waals surface area (Å²) in [5.41, 5.74) is -1.68. The summed E-state index contributed by atoms with van der Waals surface area (Å²) in [5.74, 6) is -0.978. The van der Waals surface area contributed by atoms with Crippen LogP contribution < -0.4 is 0 Å². The summed E-state index contributed by atoms with van der Waals surface area (Å²) in [4.78, 5) is 10.1. The topological polar surface area (TPSA) is 61.2 Å². The number of halogens is 2. The van der Waals surface area contributed by atoms with Crippen LogP contribution in [-0.2, 0) is 4.79 Å². The molecular formula is C3H3Cl2NO2. The molecule has 0 aliphatic heterocycles. The van der Waals surface area contributed by atoms with E-state index in [1.165, 1.54) is 0 Å². The lowest BCUT2D eigenvalue weighted by Crippen LogP contribution is -2.18. The zero-order valence-corrected chi connectivity index (χ0v) is 5.20. The maximum atomic E-state index is 10.1. The molecule has 1 unspecified atom stereocenters. The molecule has 0 aromatic carbocycles. The molecule has 0 heterocycles. The molecule has 0 aromatic heterocycles. The number of nitrogens with one attached hydrogen (secondary N) is 1. The van der Waals surface area contributed by atoms with E-state index in [1.807, 2.05) is 0 Å². The number of hydrogen-bond donors (Lipinski definition) is 2. The number of carbonyl (C=O) groups excluding carboxylic acids is 1. The van der Waals surface area contributed by atoms with Crippen molar-refractivity contribution >= 4 is 34.2 Å². The van der Waals surface area contributed by atoms with Gasteiger partial charge in [0.1, 0.15) is 0 Å². The summed E-state index contributed by atoms with van der Waals surface area (Å²) in [6, 6.07) is 0. The maximum absolute atomic E-state index is 10.1. The number of hydrogen-bond acceptors (Lipinski definition) is 3. The van der Waals surface area contributed by atoms with Crippen LogP contribution in [0.5, 0.6) is 0 Å². The first-order chi connectivity index (χ1) is 3.55. The molecule has 0 spiro atoms. The Morgan fingerprint density at radius 3 is 2.12 bits per heavy atom. The van der Waals surface area contributed by atoms with Gasteiger partial charge in [0.05, 0.1) is 0 Å². The molecule has 0 radical (unpaired) electrons. The van der Waals surface area contributed by atoms with Gasteiger partial charge in [-0.2, -0.15) is 0 Å². The first-order valence-corrected chi connectivity index (χ1v) is 2.47. The predicted octanol–water partition coefficient (Wildman–Crippen LogP) is 0.329. The minimum absolute atomic E-state index is 0.757. The van der Waals surface area contributed by atoms with Crippen LogP contribution in [0.2, 0.25) is 0 Å². The highest BCUT2D eigenvalue weighted by molar-refractivity contribution is 6.84. The molecule has 0 aromatic rings. The SMILES string of the molecule is N=C(Cl)C(=O)C(O)Cl. The quantitative estimate of drug-likeness (QED) is 0.446. The van der Waals surface area contributed by atoms with Gasteiger partial charge in [0.25, 0.3) is 0 Å². The summed E-state index contributed by atoms with van der Waals surface area (Å²) >= 11 is 9.62. The third kappa shape index (κ3) is 2.26. The van der Waals surface area contributed by atoms with Gasteiger partial charge in [-0.3, -0.25) is 10.2 Å². The molecular weight excluding hydrogens is 153 g/mol. The molecule has 0 saturated carbocycles. The number of alkyl halides is 1. The molecule has 0 saturated heterocycles. The predicted molar refractivity (Wildman–Crippen MR) is 30.4 cm³/mol. The number of ketones is 1. The van der Waals surface area contributed by atoms with Crippen molar-refractivity contribution in [3.05, 3.63) is 0 Å². The second kappa shape index (κ2) is 3.02. The first-order valence-electron chi connectivity index (χ1n) is 1.66. The van der Waals surface area contributed by atoms with Gasteiger partial charge in [-0.25, -0.2) is 0 Å². The van der Waals surface area contributed by atoms with Crippen LogP contribution in [-0.4, -0.2) is 21.6 Å². The zero-order chi connectivity index (χ0) is 6.73. The van der Waals surface area contributed by atoms with Gasteiger partial charge >= 0.3 is 0 Å². The van der Waals surface area contributed by atoms with Crippen LogP contribution in [0, 0.1) is 5.41 Å². The van der Waals surface area contributed by atoms with Crippen LogP contribution >= 0.6 is 23.2 Å². The fraction of sp³-hybridized carbons (Fsp3) is 0.333. The molecule has 2 N–H and O–H groups in total. The molecule has 0 amide bonds. The van der Waals surface area contributed by atoms with Gasteiger partial charge in [-0.1, -0.05) is 23.2 Å². The van der Waals surface area contributed by atoms with Gasteiger partial charge in [-0.15, -0.1) is 0 Å².